The molecule has 0 saturated carbocycles. The summed E-state index contributed by atoms with van der Waals surface area (Å²) in [6, 6.07) is 19.8. The third kappa shape index (κ3) is 4.30. The Kier molecular flexibility index (Phi) is 5.98. The number of aryl methyl sites for hydroxylation is 1. The molecule has 1 aliphatic heterocycles. The molecule has 30 heavy (non-hydrogen) atoms. The molecule has 1 aliphatic rings. The van der Waals surface area contributed by atoms with Gasteiger partial charge in [0, 0.05) is 42.8 Å². The van der Waals surface area contributed by atoms with Crippen LogP contribution in [0.25, 0.3) is 10.8 Å². The van der Waals surface area contributed by atoms with Gasteiger partial charge >= 0.3 is 0 Å². The molecular weight excluding hydrogens is 376 g/mol. The van der Waals surface area contributed by atoms with Gasteiger partial charge in [-0.2, -0.15) is 0 Å². The standard InChI is InChI=1S/C25H26N2O3/c1-19-17-20(18-28)9-10-23(19)26-12-14-27(15-13-26)25(29)11-16-30-24-8-4-6-21-5-2-3-7-22(21)24/h2-10,17-18H,11-16H2,1H3. The number of rotatable bonds is 6. The van der Waals surface area contributed by atoms with Crippen molar-refractivity contribution in [1.82, 2.24) is 4.90 Å². The van der Waals surface area contributed by atoms with Gasteiger partial charge in [0.05, 0.1) is 13.0 Å². The molecule has 0 N–H and O–H groups in total. The minimum atomic E-state index is 0.128. The lowest BCUT2D eigenvalue weighted by atomic mass is 10.1. The SMILES string of the molecule is Cc1cc(C=O)ccc1N1CCN(C(=O)CCOc2cccc3ccccc23)CC1. The van der Waals surface area contributed by atoms with E-state index in [4.69, 9.17) is 4.74 Å². The van der Waals surface area contributed by atoms with Crippen molar-refractivity contribution in [2.75, 3.05) is 37.7 Å². The quantitative estimate of drug-likeness (QED) is 0.583. The van der Waals surface area contributed by atoms with Gasteiger partial charge in [0.15, 0.2) is 0 Å². The summed E-state index contributed by atoms with van der Waals surface area (Å²) in [5.74, 6) is 0.947. The van der Waals surface area contributed by atoms with E-state index in [0.717, 1.165) is 47.1 Å². The second-order valence-electron chi connectivity index (χ2n) is 7.61. The van der Waals surface area contributed by atoms with Gasteiger partial charge in [0.1, 0.15) is 12.0 Å². The average Bonchev–Trinajstić information content (AvgIpc) is 2.79. The summed E-state index contributed by atoms with van der Waals surface area (Å²) in [5, 5.41) is 2.20. The van der Waals surface area contributed by atoms with Crippen molar-refractivity contribution in [1.29, 1.82) is 0 Å². The summed E-state index contributed by atoms with van der Waals surface area (Å²) in [5.41, 5.74) is 2.91. The number of benzene rings is 3. The van der Waals surface area contributed by atoms with Crippen molar-refractivity contribution in [3.63, 3.8) is 0 Å². The molecule has 0 atom stereocenters. The molecule has 1 amide bonds. The molecule has 0 bridgehead atoms. The summed E-state index contributed by atoms with van der Waals surface area (Å²) >= 11 is 0. The monoisotopic (exact) mass is 402 g/mol. The highest BCUT2D eigenvalue weighted by Crippen LogP contribution is 2.25. The number of ether oxygens (including phenoxy) is 1. The van der Waals surface area contributed by atoms with Gasteiger partial charge in [-0.05, 0) is 42.1 Å². The van der Waals surface area contributed by atoms with Crippen molar-refractivity contribution < 1.29 is 14.3 Å². The maximum Gasteiger partial charge on any atom is 0.226 e. The highest BCUT2D eigenvalue weighted by atomic mass is 16.5. The zero-order chi connectivity index (χ0) is 20.9. The molecule has 3 aromatic rings. The van der Waals surface area contributed by atoms with E-state index in [1.807, 2.05) is 60.4 Å². The van der Waals surface area contributed by atoms with Gasteiger partial charge in [0.2, 0.25) is 5.91 Å². The first-order valence-corrected chi connectivity index (χ1v) is 10.3. The van der Waals surface area contributed by atoms with Gasteiger partial charge in [-0.1, -0.05) is 36.4 Å². The summed E-state index contributed by atoms with van der Waals surface area (Å²) in [4.78, 5) is 27.8. The number of hydrogen-bond donors (Lipinski definition) is 0. The molecule has 5 nitrogen and oxygen atoms in total. The van der Waals surface area contributed by atoms with Crippen LogP contribution in [0, 0.1) is 6.92 Å². The third-order valence-electron chi connectivity index (χ3n) is 5.65. The summed E-state index contributed by atoms with van der Waals surface area (Å²) in [6.45, 7) is 5.36. The number of nitrogens with zero attached hydrogens (tertiary/aromatic N) is 2. The van der Waals surface area contributed by atoms with Crippen molar-refractivity contribution in [2.24, 2.45) is 0 Å². The third-order valence-corrected chi connectivity index (χ3v) is 5.65. The van der Waals surface area contributed by atoms with Gasteiger partial charge in [-0.3, -0.25) is 9.59 Å². The van der Waals surface area contributed by atoms with Crippen LogP contribution in [0.3, 0.4) is 0 Å². The number of amides is 1. The van der Waals surface area contributed by atoms with Gasteiger partial charge in [-0.15, -0.1) is 0 Å². The lowest BCUT2D eigenvalue weighted by molar-refractivity contribution is -0.132. The van der Waals surface area contributed by atoms with E-state index in [1.54, 1.807) is 0 Å². The molecule has 3 aromatic carbocycles. The topological polar surface area (TPSA) is 49.9 Å². The van der Waals surface area contributed by atoms with E-state index >= 15 is 0 Å². The fraction of sp³-hybridized carbons (Fsp3) is 0.280. The minimum absolute atomic E-state index is 0.128. The number of carbonyl (C=O) groups is 2. The minimum Gasteiger partial charge on any atom is -0.492 e. The number of fused-ring (bicyclic) bond motifs is 1. The fourth-order valence-electron chi connectivity index (χ4n) is 4.03. The van der Waals surface area contributed by atoms with E-state index in [-0.39, 0.29) is 5.91 Å². The Morgan fingerprint density at radius 3 is 2.53 bits per heavy atom. The predicted octanol–water partition coefficient (Wildman–Crippen LogP) is 4.08. The second kappa shape index (κ2) is 8.99. The molecule has 5 heteroatoms. The lowest BCUT2D eigenvalue weighted by Crippen LogP contribution is -2.49. The normalized spacial score (nSPS) is 14.0. The molecule has 1 fully saturated rings. The molecule has 0 aliphatic carbocycles. The second-order valence-corrected chi connectivity index (χ2v) is 7.61. The molecule has 0 radical (unpaired) electrons. The van der Waals surface area contributed by atoms with Gasteiger partial charge in [-0.25, -0.2) is 0 Å². The predicted molar refractivity (Wildman–Crippen MR) is 119 cm³/mol. The fourth-order valence-corrected chi connectivity index (χ4v) is 4.03. The molecule has 0 unspecified atom stereocenters. The smallest absolute Gasteiger partial charge is 0.226 e. The van der Waals surface area contributed by atoms with Crippen LogP contribution in [0.15, 0.2) is 60.7 Å². The Morgan fingerprint density at radius 1 is 1.00 bits per heavy atom. The van der Waals surface area contributed by atoms with Crippen molar-refractivity contribution >= 4 is 28.7 Å². The first-order chi connectivity index (χ1) is 14.7. The van der Waals surface area contributed by atoms with E-state index < -0.39 is 0 Å². The van der Waals surface area contributed by atoms with Crippen LogP contribution in [0.1, 0.15) is 22.3 Å². The molecule has 4 rings (SSSR count). The van der Waals surface area contributed by atoms with Crippen molar-refractivity contribution in [3.8, 4) is 5.75 Å². The van der Waals surface area contributed by atoms with Crippen LogP contribution < -0.4 is 9.64 Å². The highest BCUT2D eigenvalue weighted by Gasteiger charge is 2.22. The lowest BCUT2D eigenvalue weighted by Gasteiger charge is -2.37. The maximum atomic E-state index is 12.6. The van der Waals surface area contributed by atoms with Crippen LogP contribution in [0.5, 0.6) is 5.75 Å². The van der Waals surface area contributed by atoms with E-state index in [0.29, 0.717) is 31.7 Å². The zero-order valence-electron chi connectivity index (χ0n) is 17.2. The highest BCUT2D eigenvalue weighted by molar-refractivity contribution is 5.88. The number of aldehydes is 1. The number of piperazine rings is 1. The zero-order valence-corrected chi connectivity index (χ0v) is 17.2. The summed E-state index contributed by atoms with van der Waals surface area (Å²) in [7, 11) is 0. The maximum absolute atomic E-state index is 12.6. The van der Waals surface area contributed by atoms with Crippen molar-refractivity contribution in [2.45, 2.75) is 13.3 Å². The van der Waals surface area contributed by atoms with E-state index in [9.17, 15) is 9.59 Å². The molecular formula is C25H26N2O3. The van der Waals surface area contributed by atoms with E-state index in [2.05, 4.69) is 17.0 Å². The Labute approximate surface area is 176 Å². The number of carbonyl (C=O) groups excluding carboxylic acids is 2. The van der Waals surface area contributed by atoms with Crippen LogP contribution in [-0.2, 0) is 4.79 Å². The first kappa shape index (κ1) is 20.0. The average molecular weight is 402 g/mol. The molecule has 0 aromatic heterocycles. The van der Waals surface area contributed by atoms with Crippen LogP contribution in [-0.4, -0.2) is 49.9 Å². The Bertz CT molecular complexity index is 1050. The van der Waals surface area contributed by atoms with Crippen LogP contribution in [0.2, 0.25) is 0 Å². The van der Waals surface area contributed by atoms with Gasteiger partial charge in [0.25, 0.3) is 0 Å². The number of hydrogen-bond acceptors (Lipinski definition) is 4. The molecule has 1 saturated heterocycles. The van der Waals surface area contributed by atoms with Crippen LogP contribution in [0.4, 0.5) is 5.69 Å². The van der Waals surface area contributed by atoms with E-state index in [1.165, 1.54) is 0 Å². The molecule has 0 spiro atoms. The number of anilines is 1. The summed E-state index contributed by atoms with van der Waals surface area (Å²) < 4.78 is 5.92. The first-order valence-electron chi connectivity index (χ1n) is 10.3. The Balaban J connectivity index is 1.29. The molecule has 154 valence electrons. The van der Waals surface area contributed by atoms with Crippen molar-refractivity contribution in [3.05, 3.63) is 71.8 Å². The molecule has 1 heterocycles. The van der Waals surface area contributed by atoms with Gasteiger partial charge < -0.3 is 14.5 Å². The Hall–Kier alpha value is -3.34. The largest absolute Gasteiger partial charge is 0.492 e. The Morgan fingerprint density at radius 2 is 1.77 bits per heavy atom. The van der Waals surface area contributed by atoms with Crippen LogP contribution >= 0.6 is 0 Å². The summed E-state index contributed by atoms with van der Waals surface area (Å²) in [6.07, 6.45) is 1.24.